The number of hydrogen-bond donors (Lipinski definition) is 1. The van der Waals surface area contributed by atoms with Crippen molar-refractivity contribution in [2.45, 2.75) is 12.6 Å². The van der Waals surface area contributed by atoms with E-state index >= 15 is 0 Å². The summed E-state index contributed by atoms with van der Waals surface area (Å²) < 4.78 is 27.6. The van der Waals surface area contributed by atoms with Crippen LogP contribution in [0, 0.1) is 21.7 Å². The highest BCUT2D eigenvalue weighted by Crippen LogP contribution is 2.26. The Labute approximate surface area is 138 Å². The summed E-state index contributed by atoms with van der Waals surface area (Å²) >= 11 is 0. The summed E-state index contributed by atoms with van der Waals surface area (Å²) in [4.78, 5) is 12.1. The van der Waals surface area contributed by atoms with Gasteiger partial charge in [0.2, 0.25) is 0 Å². The molecule has 5 nitrogen and oxygen atoms in total. The molecule has 0 aromatic heterocycles. The Morgan fingerprint density at radius 2 is 2.08 bits per heavy atom. The van der Waals surface area contributed by atoms with Crippen LogP contribution in [-0.4, -0.2) is 29.5 Å². The molecule has 0 bridgehead atoms. The van der Waals surface area contributed by atoms with E-state index < -0.39 is 10.7 Å². The van der Waals surface area contributed by atoms with Gasteiger partial charge in [0.25, 0.3) is 5.69 Å². The molecule has 24 heavy (non-hydrogen) atoms. The number of piperazine rings is 1. The van der Waals surface area contributed by atoms with Gasteiger partial charge in [-0.3, -0.25) is 15.0 Å². The molecule has 3 rings (SSSR count). The number of non-ortho nitro benzene ring substituents is 1. The predicted octanol–water partition coefficient (Wildman–Crippen LogP) is 3.02. The summed E-state index contributed by atoms with van der Waals surface area (Å²) in [5.74, 6) is -0.903. The highest BCUT2D eigenvalue weighted by atomic mass is 19.1. The summed E-state index contributed by atoms with van der Waals surface area (Å²) in [5, 5.41) is 14.0. The Morgan fingerprint density at radius 1 is 1.25 bits per heavy atom. The minimum absolute atomic E-state index is 0.0796. The number of nitro benzene ring substituents is 1. The van der Waals surface area contributed by atoms with Crippen LogP contribution in [0.2, 0.25) is 0 Å². The Morgan fingerprint density at radius 3 is 2.79 bits per heavy atom. The quantitative estimate of drug-likeness (QED) is 0.690. The molecule has 1 unspecified atom stereocenters. The van der Waals surface area contributed by atoms with E-state index in [1.54, 1.807) is 6.07 Å². The molecule has 0 spiro atoms. The number of halogens is 2. The second-order valence-corrected chi connectivity index (χ2v) is 5.78. The van der Waals surface area contributed by atoms with Crippen LogP contribution in [0.4, 0.5) is 14.5 Å². The fourth-order valence-electron chi connectivity index (χ4n) is 2.97. The number of nitrogens with one attached hydrogen (secondary N) is 1. The van der Waals surface area contributed by atoms with Crippen LogP contribution < -0.4 is 5.32 Å². The van der Waals surface area contributed by atoms with Crippen LogP contribution in [0.15, 0.2) is 42.5 Å². The lowest BCUT2D eigenvalue weighted by Crippen LogP contribution is -2.45. The molecule has 7 heteroatoms. The molecule has 0 radical (unpaired) electrons. The van der Waals surface area contributed by atoms with Crippen LogP contribution in [0.3, 0.4) is 0 Å². The smallest absolute Gasteiger partial charge is 0.272 e. The first-order valence-corrected chi connectivity index (χ1v) is 7.67. The third-order valence-electron chi connectivity index (χ3n) is 4.21. The summed E-state index contributed by atoms with van der Waals surface area (Å²) in [6.07, 6.45) is 0. The van der Waals surface area contributed by atoms with E-state index in [-0.39, 0.29) is 17.5 Å². The van der Waals surface area contributed by atoms with Crippen molar-refractivity contribution in [3.8, 4) is 0 Å². The van der Waals surface area contributed by atoms with Gasteiger partial charge in [-0.25, -0.2) is 8.78 Å². The van der Waals surface area contributed by atoms with Crippen molar-refractivity contribution in [1.29, 1.82) is 0 Å². The van der Waals surface area contributed by atoms with Crippen LogP contribution >= 0.6 is 0 Å². The SMILES string of the molecule is O=[N+]([O-])c1ccc(CN2CCNCC2c2cccc(F)c2)c(F)c1. The van der Waals surface area contributed by atoms with Gasteiger partial charge in [0.1, 0.15) is 11.6 Å². The molecule has 1 saturated heterocycles. The number of rotatable bonds is 4. The molecule has 1 aliphatic heterocycles. The van der Waals surface area contributed by atoms with Crippen molar-refractivity contribution in [2.24, 2.45) is 0 Å². The monoisotopic (exact) mass is 333 g/mol. The molecule has 1 N–H and O–H groups in total. The molecule has 0 amide bonds. The number of nitro groups is 1. The van der Waals surface area contributed by atoms with Gasteiger partial charge in [0.15, 0.2) is 0 Å². The summed E-state index contributed by atoms with van der Waals surface area (Å²) in [6, 6.07) is 9.98. The van der Waals surface area contributed by atoms with E-state index in [0.717, 1.165) is 18.2 Å². The average Bonchev–Trinajstić information content (AvgIpc) is 2.57. The van der Waals surface area contributed by atoms with Crippen LogP contribution in [0.1, 0.15) is 17.2 Å². The van der Waals surface area contributed by atoms with E-state index in [4.69, 9.17) is 0 Å². The van der Waals surface area contributed by atoms with Gasteiger partial charge in [-0.05, 0) is 23.8 Å². The third-order valence-corrected chi connectivity index (χ3v) is 4.21. The van der Waals surface area contributed by atoms with Gasteiger partial charge in [-0.1, -0.05) is 12.1 Å². The minimum Gasteiger partial charge on any atom is -0.314 e. The third kappa shape index (κ3) is 3.58. The van der Waals surface area contributed by atoms with Crippen molar-refractivity contribution in [1.82, 2.24) is 10.2 Å². The van der Waals surface area contributed by atoms with Crippen molar-refractivity contribution < 1.29 is 13.7 Å². The zero-order chi connectivity index (χ0) is 17.1. The van der Waals surface area contributed by atoms with Gasteiger partial charge in [0, 0.05) is 43.9 Å². The summed E-state index contributed by atoms with van der Waals surface area (Å²) in [5.41, 5.74) is 0.951. The minimum atomic E-state index is -0.618. The van der Waals surface area contributed by atoms with Crippen LogP contribution in [-0.2, 0) is 6.54 Å². The first kappa shape index (κ1) is 16.5. The molecular weight excluding hydrogens is 316 g/mol. The molecule has 126 valence electrons. The topological polar surface area (TPSA) is 58.4 Å². The van der Waals surface area contributed by atoms with Crippen molar-refractivity contribution in [3.05, 3.63) is 75.3 Å². The van der Waals surface area contributed by atoms with Crippen molar-refractivity contribution in [3.63, 3.8) is 0 Å². The average molecular weight is 333 g/mol. The molecule has 1 aliphatic rings. The van der Waals surface area contributed by atoms with Crippen molar-refractivity contribution in [2.75, 3.05) is 19.6 Å². The van der Waals surface area contributed by atoms with Gasteiger partial charge >= 0.3 is 0 Å². The second kappa shape index (κ2) is 7.02. The Hall–Kier alpha value is -2.38. The molecule has 1 atom stereocenters. The van der Waals surface area contributed by atoms with Gasteiger partial charge in [0.05, 0.1) is 11.0 Å². The molecule has 1 fully saturated rings. The van der Waals surface area contributed by atoms with E-state index in [9.17, 15) is 18.9 Å². The second-order valence-electron chi connectivity index (χ2n) is 5.78. The number of benzene rings is 2. The fourth-order valence-corrected chi connectivity index (χ4v) is 2.97. The van der Waals surface area contributed by atoms with Crippen LogP contribution in [0.25, 0.3) is 0 Å². The number of nitrogens with zero attached hydrogens (tertiary/aromatic N) is 2. The molecule has 0 aliphatic carbocycles. The van der Waals surface area contributed by atoms with Crippen LogP contribution in [0.5, 0.6) is 0 Å². The molecular formula is C17H17F2N3O2. The first-order valence-electron chi connectivity index (χ1n) is 7.67. The van der Waals surface area contributed by atoms with Crippen molar-refractivity contribution >= 4 is 5.69 Å². The van der Waals surface area contributed by atoms with E-state index in [0.29, 0.717) is 25.2 Å². The maximum Gasteiger partial charge on any atom is 0.272 e. The summed E-state index contributed by atoms with van der Waals surface area (Å²) in [7, 11) is 0. The Balaban J connectivity index is 1.83. The van der Waals surface area contributed by atoms with E-state index in [1.807, 2.05) is 6.07 Å². The zero-order valence-corrected chi connectivity index (χ0v) is 12.9. The molecule has 1 heterocycles. The van der Waals surface area contributed by atoms with E-state index in [1.165, 1.54) is 24.3 Å². The predicted molar refractivity (Wildman–Crippen MR) is 85.5 cm³/mol. The van der Waals surface area contributed by atoms with Gasteiger partial charge in [-0.15, -0.1) is 0 Å². The lowest BCUT2D eigenvalue weighted by molar-refractivity contribution is -0.385. The van der Waals surface area contributed by atoms with Gasteiger partial charge < -0.3 is 5.32 Å². The molecule has 2 aromatic carbocycles. The first-order chi connectivity index (χ1) is 11.5. The standard InChI is InChI=1S/C17H17F2N3O2/c18-14-3-1-2-12(8-14)17-10-20-6-7-21(17)11-13-4-5-15(22(23)24)9-16(13)19/h1-5,8-9,17,20H,6-7,10-11H2. The maximum atomic E-state index is 14.2. The van der Waals surface area contributed by atoms with E-state index in [2.05, 4.69) is 10.2 Å². The Bertz CT molecular complexity index is 754. The highest BCUT2D eigenvalue weighted by Gasteiger charge is 2.25. The molecule has 2 aromatic rings. The highest BCUT2D eigenvalue weighted by molar-refractivity contribution is 5.34. The van der Waals surface area contributed by atoms with Gasteiger partial charge in [-0.2, -0.15) is 0 Å². The maximum absolute atomic E-state index is 14.2. The molecule has 0 saturated carbocycles. The largest absolute Gasteiger partial charge is 0.314 e. The fraction of sp³-hybridized carbons (Fsp3) is 0.294. The zero-order valence-electron chi connectivity index (χ0n) is 12.9. The lowest BCUT2D eigenvalue weighted by atomic mass is 10.0. The lowest BCUT2D eigenvalue weighted by Gasteiger charge is -2.36. The summed E-state index contributed by atoms with van der Waals surface area (Å²) in [6.45, 7) is 2.38. The number of hydrogen-bond acceptors (Lipinski definition) is 4. The Kier molecular flexibility index (Phi) is 4.82. The normalized spacial score (nSPS) is 18.5.